The number of benzene rings is 4. The average molecular weight is 340 g/mol. The molecule has 4 rings (SSSR count). The summed E-state index contributed by atoms with van der Waals surface area (Å²) in [6.07, 6.45) is -4.56. The van der Waals surface area contributed by atoms with Crippen LogP contribution in [0.5, 0.6) is 0 Å². The molecule has 0 heterocycles. The lowest BCUT2D eigenvalue weighted by Crippen LogP contribution is -2.05. The molecule has 0 radical (unpaired) electrons. The third-order valence-corrected chi connectivity index (χ3v) is 4.33. The van der Waals surface area contributed by atoms with Crippen molar-refractivity contribution < 1.29 is 17.6 Å². The van der Waals surface area contributed by atoms with Crippen LogP contribution in [0.4, 0.5) is 17.6 Å². The van der Waals surface area contributed by atoms with Crippen molar-refractivity contribution in [2.24, 2.45) is 0 Å². The van der Waals surface area contributed by atoms with Crippen LogP contribution in [-0.2, 0) is 6.18 Å². The number of rotatable bonds is 1. The maximum atomic E-state index is 14.4. The van der Waals surface area contributed by atoms with Crippen LogP contribution >= 0.6 is 0 Å². The summed E-state index contributed by atoms with van der Waals surface area (Å²) in [6, 6.07) is 19.8. The molecule has 0 atom stereocenters. The van der Waals surface area contributed by atoms with Crippen molar-refractivity contribution in [3.05, 3.63) is 84.2 Å². The lowest BCUT2D eigenvalue weighted by molar-refractivity contribution is -0.137. The minimum Gasteiger partial charge on any atom is -0.206 e. The molecule has 0 N–H and O–H groups in total. The van der Waals surface area contributed by atoms with Crippen LogP contribution in [0.2, 0.25) is 0 Å². The molecule has 124 valence electrons. The second-order valence-corrected chi connectivity index (χ2v) is 5.92. The van der Waals surface area contributed by atoms with Crippen molar-refractivity contribution in [2.75, 3.05) is 0 Å². The molecule has 0 unspecified atom stereocenters. The highest BCUT2D eigenvalue weighted by atomic mass is 19.4. The quantitative estimate of drug-likeness (QED) is 0.263. The molecular formula is C21H12F4. The van der Waals surface area contributed by atoms with Gasteiger partial charge >= 0.3 is 6.18 Å². The summed E-state index contributed by atoms with van der Waals surface area (Å²) in [7, 11) is 0. The average Bonchev–Trinajstić information content (AvgIpc) is 2.59. The van der Waals surface area contributed by atoms with Crippen molar-refractivity contribution in [3.8, 4) is 11.1 Å². The number of hydrogen-bond donors (Lipinski definition) is 0. The molecule has 0 bridgehead atoms. The number of fused-ring (bicyclic) bond motifs is 2. The van der Waals surface area contributed by atoms with Crippen LogP contribution in [0.15, 0.2) is 72.8 Å². The van der Waals surface area contributed by atoms with Crippen LogP contribution in [0, 0.1) is 5.82 Å². The predicted octanol–water partition coefficient (Wildman–Crippen LogP) is 6.82. The Morgan fingerprint density at radius 3 is 1.96 bits per heavy atom. The van der Waals surface area contributed by atoms with Crippen LogP contribution in [0.3, 0.4) is 0 Å². The van der Waals surface area contributed by atoms with E-state index in [1.54, 1.807) is 12.1 Å². The van der Waals surface area contributed by atoms with Gasteiger partial charge in [-0.2, -0.15) is 13.2 Å². The minimum absolute atomic E-state index is 0.161. The number of alkyl halides is 3. The largest absolute Gasteiger partial charge is 0.416 e. The van der Waals surface area contributed by atoms with Crippen LogP contribution in [-0.4, -0.2) is 0 Å². The molecule has 0 aliphatic carbocycles. The van der Waals surface area contributed by atoms with Gasteiger partial charge in [-0.25, -0.2) is 4.39 Å². The highest BCUT2D eigenvalue weighted by Crippen LogP contribution is 2.36. The first-order valence-corrected chi connectivity index (χ1v) is 7.72. The Bertz CT molecular complexity index is 1090. The van der Waals surface area contributed by atoms with Gasteiger partial charge in [-0.05, 0) is 51.4 Å². The highest BCUT2D eigenvalue weighted by Gasteiger charge is 2.31. The summed E-state index contributed by atoms with van der Waals surface area (Å²) in [5, 5.41) is 3.77. The van der Waals surface area contributed by atoms with E-state index in [2.05, 4.69) is 0 Å². The Kier molecular flexibility index (Phi) is 3.49. The number of halogens is 4. The van der Waals surface area contributed by atoms with Crippen molar-refractivity contribution in [2.45, 2.75) is 6.18 Å². The van der Waals surface area contributed by atoms with Crippen LogP contribution in [0.1, 0.15) is 5.56 Å². The second kappa shape index (κ2) is 5.59. The summed E-state index contributed by atoms with van der Waals surface area (Å²) in [6.45, 7) is 0. The molecule has 25 heavy (non-hydrogen) atoms. The molecule has 0 aliphatic rings. The highest BCUT2D eigenvalue weighted by molar-refractivity contribution is 6.05. The first-order chi connectivity index (χ1) is 11.9. The molecule has 0 amide bonds. The summed E-state index contributed by atoms with van der Waals surface area (Å²) < 4.78 is 52.7. The standard InChI is InChI=1S/C21H12F4/c22-20-12-16(21(23,24)25)8-9-18(20)17-7-3-6-15-10-13-4-1-2-5-14(13)11-19(15)17/h1-12H. The van der Waals surface area contributed by atoms with Gasteiger partial charge in [0.15, 0.2) is 0 Å². The monoisotopic (exact) mass is 340 g/mol. The van der Waals surface area contributed by atoms with Gasteiger partial charge in [0.05, 0.1) is 5.56 Å². The van der Waals surface area contributed by atoms with Crippen LogP contribution < -0.4 is 0 Å². The van der Waals surface area contributed by atoms with Gasteiger partial charge < -0.3 is 0 Å². The van der Waals surface area contributed by atoms with Gasteiger partial charge in [-0.3, -0.25) is 0 Å². The maximum Gasteiger partial charge on any atom is 0.416 e. The topological polar surface area (TPSA) is 0 Å². The van der Waals surface area contributed by atoms with E-state index in [-0.39, 0.29) is 5.56 Å². The van der Waals surface area contributed by atoms with E-state index in [4.69, 9.17) is 0 Å². The SMILES string of the molecule is Fc1cc(C(F)(F)F)ccc1-c1cccc2cc3ccccc3cc12. The molecule has 4 aromatic carbocycles. The molecule has 0 saturated heterocycles. The van der Waals surface area contributed by atoms with Gasteiger partial charge in [0, 0.05) is 5.56 Å². The summed E-state index contributed by atoms with van der Waals surface area (Å²) in [4.78, 5) is 0. The lowest BCUT2D eigenvalue weighted by atomic mass is 9.94. The van der Waals surface area contributed by atoms with Gasteiger partial charge in [0.2, 0.25) is 0 Å². The summed E-state index contributed by atoms with van der Waals surface area (Å²) >= 11 is 0. The predicted molar refractivity (Wildman–Crippen MR) is 91.9 cm³/mol. The second-order valence-electron chi connectivity index (χ2n) is 5.92. The molecule has 4 aromatic rings. The Morgan fingerprint density at radius 2 is 1.28 bits per heavy atom. The Hall–Kier alpha value is -2.88. The summed E-state index contributed by atoms with van der Waals surface area (Å²) in [5.41, 5.74) is -0.247. The van der Waals surface area contributed by atoms with Gasteiger partial charge in [0.25, 0.3) is 0 Å². The van der Waals surface area contributed by atoms with E-state index in [0.717, 1.165) is 27.6 Å². The van der Waals surface area contributed by atoms with Gasteiger partial charge in [-0.15, -0.1) is 0 Å². The molecule has 0 nitrogen and oxygen atoms in total. The van der Waals surface area contributed by atoms with E-state index >= 15 is 0 Å². The lowest BCUT2D eigenvalue weighted by Gasteiger charge is -2.12. The van der Waals surface area contributed by atoms with Crippen molar-refractivity contribution in [3.63, 3.8) is 0 Å². The fraction of sp³-hybridized carbons (Fsp3) is 0.0476. The Balaban J connectivity index is 1.96. The van der Waals surface area contributed by atoms with E-state index in [9.17, 15) is 17.6 Å². The molecule has 0 aromatic heterocycles. The summed E-state index contributed by atoms with van der Waals surface area (Å²) in [5.74, 6) is -0.879. The Morgan fingerprint density at radius 1 is 0.600 bits per heavy atom. The van der Waals surface area contributed by atoms with Gasteiger partial charge in [-0.1, -0.05) is 48.5 Å². The first kappa shape index (κ1) is 15.6. The van der Waals surface area contributed by atoms with Gasteiger partial charge in [0.1, 0.15) is 5.82 Å². The molecule has 0 saturated carbocycles. The zero-order chi connectivity index (χ0) is 17.6. The van der Waals surface area contributed by atoms with Crippen LogP contribution in [0.25, 0.3) is 32.7 Å². The first-order valence-electron chi connectivity index (χ1n) is 7.72. The van der Waals surface area contributed by atoms with E-state index < -0.39 is 17.6 Å². The normalized spacial score (nSPS) is 12.0. The van der Waals surface area contributed by atoms with Crippen molar-refractivity contribution in [1.29, 1.82) is 0 Å². The van der Waals surface area contributed by atoms with Crippen molar-refractivity contribution in [1.82, 2.24) is 0 Å². The third kappa shape index (κ3) is 2.74. The fourth-order valence-electron chi connectivity index (χ4n) is 3.11. The number of hydrogen-bond acceptors (Lipinski definition) is 0. The molecule has 0 spiro atoms. The van der Waals surface area contributed by atoms with Crippen molar-refractivity contribution >= 4 is 21.5 Å². The fourth-order valence-corrected chi connectivity index (χ4v) is 3.11. The van der Waals surface area contributed by atoms with E-state index in [1.807, 2.05) is 42.5 Å². The zero-order valence-corrected chi connectivity index (χ0v) is 12.9. The Labute approximate surface area is 141 Å². The smallest absolute Gasteiger partial charge is 0.206 e. The third-order valence-electron chi connectivity index (χ3n) is 4.33. The molecular weight excluding hydrogens is 328 g/mol. The van der Waals surface area contributed by atoms with E-state index in [1.165, 1.54) is 6.07 Å². The molecule has 0 fully saturated rings. The van der Waals surface area contributed by atoms with E-state index in [0.29, 0.717) is 11.6 Å². The molecule has 4 heteroatoms. The zero-order valence-electron chi connectivity index (χ0n) is 12.9. The minimum atomic E-state index is -4.56. The molecule has 0 aliphatic heterocycles. The maximum absolute atomic E-state index is 14.4.